The Morgan fingerprint density at radius 1 is 1.19 bits per heavy atom. The van der Waals surface area contributed by atoms with E-state index in [0.29, 0.717) is 0 Å². The molecule has 1 aromatic rings. The highest BCUT2D eigenvalue weighted by Gasteiger charge is 2.25. The molecule has 4 heteroatoms. The molecular formula is C17H29ClN2O. The van der Waals surface area contributed by atoms with E-state index in [9.17, 15) is 4.79 Å². The topological polar surface area (TPSA) is 55.1 Å². The Bertz CT molecular complexity index is 426. The summed E-state index contributed by atoms with van der Waals surface area (Å²) in [7, 11) is 0. The van der Waals surface area contributed by atoms with Crippen LogP contribution in [0.15, 0.2) is 30.3 Å². The maximum Gasteiger partial charge on any atom is 0.224 e. The minimum absolute atomic E-state index is 0. The lowest BCUT2D eigenvalue weighted by Gasteiger charge is -2.29. The molecule has 0 aromatic heterocycles. The molecule has 0 spiro atoms. The number of hydrogen-bond donors (Lipinski definition) is 2. The number of hydrogen-bond acceptors (Lipinski definition) is 2. The third-order valence-electron chi connectivity index (χ3n) is 3.54. The quantitative estimate of drug-likeness (QED) is 0.871. The van der Waals surface area contributed by atoms with E-state index >= 15 is 0 Å². The molecule has 3 N–H and O–H groups in total. The van der Waals surface area contributed by atoms with Gasteiger partial charge in [0, 0.05) is 12.0 Å². The minimum atomic E-state index is -0.179. The lowest BCUT2D eigenvalue weighted by atomic mass is 9.85. The summed E-state index contributed by atoms with van der Waals surface area (Å²) in [5.41, 5.74) is 7.11. The molecule has 0 aliphatic carbocycles. The molecule has 3 nitrogen and oxygen atoms in total. The van der Waals surface area contributed by atoms with Crippen LogP contribution in [0.4, 0.5) is 0 Å². The van der Waals surface area contributed by atoms with Gasteiger partial charge in [0.1, 0.15) is 0 Å². The van der Waals surface area contributed by atoms with Crippen LogP contribution in [0.2, 0.25) is 0 Å². The highest BCUT2D eigenvalue weighted by Crippen LogP contribution is 2.29. The van der Waals surface area contributed by atoms with Gasteiger partial charge in [0.15, 0.2) is 0 Å². The lowest BCUT2D eigenvalue weighted by Crippen LogP contribution is -2.41. The second-order valence-corrected chi connectivity index (χ2v) is 6.88. The van der Waals surface area contributed by atoms with Gasteiger partial charge in [-0.2, -0.15) is 0 Å². The van der Waals surface area contributed by atoms with Gasteiger partial charge >= 0.3 is 0 Å². The zero-order valence-corrected chi connectivity index (χ0v) is 14.5. The number of carbonyl (C=O) groups is 1. The monoisotopic (exact) mass is 312 g/mol. The van der Waals surface area contributed by atoms with Crippen molar-refractivity contribution < 1.29 is 4.79 Å². The number of benzene rings is 1. The molecule has 1 amide bonds. The fourth-order valence-electron chi connectivity index (χ4n) is 2.09. The van der Waals surface area contributed by atoms with Crippen LogP contribution in [0.3, 0.4) is 0 Å². The lowest BCUT2D eigenvalue weighted by molar-refractivity contribution is -0.125. The molecule has 0 heterocycles. The Hall–Kier alpha value is -1.06. The summed E-state index contributed by atoms with van der Waals surface area (Å²) in [6, 6.07) is 10.0. The predicted molar refractivity (Wildman–Crippen MR) is 91.5 cm³/mol. The maximum absolute atomic E-state index is 12.3. The average Bonchev–Trinajstić information content (AvgIpc) is 2.36. The Balaban J connectivity index is 0.00000400. The van der Waals surface area contributed by atoms with E-state index in [1.807, 2.05) is 32.0 Å². The van der Waals surface area contributed by atoms with Crippen molar-refractivity contribution in [3.8, 4) is 0 Å². The molecule has 0 aliphatic heterocycles. The van der Waals surface area contributed by atoms with Crippen LogP contribution in [-0.4, -0.2) is 11.9 Å². The summed E-state index contributed by atoms with van der Waals surface area (Å²) < 4.78 is 0. The highest BCUT2D eigenvalue weighted by molar-refractivity contribution is 5.85. The van der Waals surface area contributed by atoms with E-state index in [-0.39, 0.29) is 41.7 Å². The van der Waals surface area contributed by atoms with Gasteiger partial charge in [-0.3, -0.25) is 4.79 Å². The predicted octanol–water partition coefficient (Wildman–Crippen LogP) is 3.69. The molecule has 0 saturated heterocycles. The van der Waals surface area contributed by atoms with Gasteiger partial charge < -0.3 is 11.1 Å². The van der Waals surface area contributed by atoms with Gasteiger partial charge in [0.2, 0.25) is 5.91 Å². The summed E-state index contributed by atoms with van der Waals surface area (Å²) in [6.45, 7) is 10.3. The molecule has 1 rings (SSSR count). The van der Waals surface area contributed by atoms with Crippen LogP contribution in [0.1, 0.15) is 52.6 Å². The van der Waals surface area contributed by atoms with E-state index in [2.05, 4.69) is 38.2 Å². The minimum Gasteiger partial charge on any atom is -0.349 e. The van der Waals surface area contributed by atoms with E-state index in [4.69, 9.17) is 5.73 Å². The van der Waals surface area contributed by atoms with Gasteiger partial charge in [0.05, 0.1) is 6.04 Å². The Kier molecular flexibility index (Phi) is 7.98. The van der Waals surface area contributed by atoms with Crippen molar-refractivity contribution in [2.45, 2.75) is 53.1 Å². The van der Waals surface area contributed by atoms with Crippen molar-refractivity contribution in [2.24, 2.45) is 17.1 Å². The summed E-state index contributed by atoms with van der Waals surface area (Å²) in [5.74, 6) is -0.153. The number of rotatable bonds is 5. The zero-order chi connectivity index (χ0) is 15.3. The summed E-state index contributed by atoms with van der Waals surface area (Å²) >= 11 is 0. The maximum atomic E-state index is 12.3. The number of nitrogens with two attached hydrogens (primary N) is 1. The van der Waals surface area contributed by atoms with Crippen molar-refractivity contribution in [3.63, 3.8) is 0 Å². The SMILES string of the molecule is CC(N)C(C)C(=O)NC(CC(C)(C)C)c1ccccc1.Cl. The van der Waals surface area contributed by atoms with Gasteiger partial charge in [-0.25, -0.2) is 0 Å². The largest absolute Gasteiger partial charge is 0.349 e. The van der Waals surface area contributed by atoms with Gasteiger partial charge in [0.25, 0.3) is 0 Å². The van der Waals surface area contributed by atoms with Crippen molar-refractivity contribution in [1.82, 2.24) is 5.32 Å². The first-order valence-electron chi connectivity index (χ1n) is 7.31. The molecule has 1 aromatic carbocycles. The number of carbonyl (C=O) groups excluding carboxylic acids is 1. The summed E-state index contributed by atoms with van der Waals surface area (Å²) in [6.07, 6.45) is 0.897. The van der Waals surface area contributed by atoms with Crippen LogP contribution in [0.5, 0.6) is 0 Å². The molecule has 3 unspecified atom stereocenters. The van der Waals surface area contributed by atoms with Gasteiger partial charge in [-0.1, -0.05) is 58.0 Å². The average molecular weight is 313 g/mol. The second kappa shape index (κ2) is 8.40. The van der Waals surface area contributed by atoms with Gasteiger partial charge in [-0.15, -0.1) is 12.4 Å². The van der Waals surface area contributed by atoms with Crippen LogP contribution in [0, 0.1) is 11.3 Å². The van der Waals surface area contributed by atoms with Crippen molar-refractivity contribution in [2.75, 3.05) is 0 Å². The fraction of sp³-hybridized carbons (Fsp3) is 0.588. The number of amides is 1. The van der Waals surface area contributed by atoms with Crippen molar-refractivity contribution >= 4 is 18.3 Å². The van der Waals surface area contributed by atoms with Crippen molar-refractivity contribution in [1.29, 1.82) is 0 Å². The number of halogens is 1. The van der Waals surface area contributed by atoms with E-state index in [0.717, 1.165) is 12.0 Å². The first-order valence-corrected chi connectivity index (χ1v) is 7.31. The fourth-order valence-corrected chi connectivity index (χ4v) is 2.09. The molecule has 21 heavy (non-hydrogen) atoms. The molecule has 120 valence electrons. The molecule has 0 saturated carbocycles. The zero-order valence-electron chi connectivity index (χ0n) is 13.7. The Morgan fingerprint density at radius 3 is 2.14 bits per heavy atom. The van der Waals surface area contributed by atoms with E-state index < -0.39 is 0 Å². The molecular weight excluding hydrogens is 284 g/mol. The normalized spacial score (nSPS) is 15.5. The van der Waals surface area contributed by atoms with Crippen LogP contribution < -0.4 is 11.1 Å². The molecule has 0 aliphatic rings. The smallest absolute Gasteiger partial charge is 0.224 e. The van der Waals surface area contributed by atoms with Crippen LogP contribution in [0.25, 0.3) is 0 Å². The summed E-state index contributed by atoms with van der Waals surface area (Å²) in [4.78, 5) is 12.3. The molecule has 0 fully saturated rings. The first kappa shape index (κ1) is 19.9. The molecule has 3 atom stereocenters. The standard InChI is InChI=1S/C17H28N2O.ClH/c1-12(13(2)18)16(20)19-15(11-17(3,4)5)14-9-7-6-8-10-14;/h6-10,12-13,15H,11,18H2,1-5H3,(H,19,20);1H. The Labute approximate surface area is 135 Å². The molecule has 0 radical (unpaired) electrons. The second-order valence-electron chi connectivity index (χ2n) is 6.88. The third-order valence-corrected chi connectivity index (χ3v) is 3.54. The Morgan fingerprint density at radius 2 is 1.71 bits per heavy atom. The number of nitrogens with one attached hydrogen (secondary N) is 1. The third kappa shape index (κ3) is 6.96. The van der Waals surface area contributed by atoms with Gasteiger partial charge in [-0.05, 0) is 24.3 Å². The molecule has 0 bridgehead atoms. The summed E-state index contributed by atoms with van der Waals surface area (Å²) in [5, 5.41) is 3.15. The van der Waals surface area contributed by atoms with E-state index in [1.54, 1.807) is 0 Å². The van der Waals surface area contributed by atoms with Crippen LogP contribution in [-0.2, 0) is 4.79 Å². The van der Waals surface area contributed by atoms with Crippen LogP contribution >= 0.6 is 12.4 Å². The van der Waals surface area contributed by atoms with E-state index in [1.165, 1.54) is 0 Å². The highest BCUT2D eigenvalue weighted by atomic mass is 35.5. The first-order chi connectivity index (χ1) is 9.20. The van der Waals surface area contributed by atoms with Crippen molar-refractivity contribution in [3.05, 3.63) is 35.9 Å².